The van der Waals surface area contributed by atoms with Crippen LogP contribution < -0.4 is 10.2 Å². The molecule has 29 heavy (non-hydrogen) atoms. The highest BCUT2D eigenvalue weighted by atomic mass is 15.2. The third-order valence-corrected chi connectivity index (χ3v) is 6.72. The van der Waals surface area contributed by atoms with Crippen LogP contribution in [0.25, 0.3) is 0 Å². The highest BCUT2D eigenvalue weighted by Crippen LogP contribution is 2.29. The van der Waals surface area contributed by atoms with Gasteiger partial charge in [0, 0.05) is 32.2 Å². The predicted octanol–water partition coefficient (Wildman–Crippen LogP) is 4.21. The SMILES string of the molecule is Cc1ccccc1CC1CCCN(C(C)c2cccc(N3CCCNCC3)n2)C1. The molecular formula is C25H36N4. The molecule has 0 amide bonds. The summed E-state index contributed by atoms with van der Waals surface area (Å²) in [6.45, 7) is 11.3. The minimum atomic E-state index is 0.375. The maximum Gasteiger partial charge on any atom is 0.128 e. The van der Waals surface area contributed by atoms with E-state index in [0.717, 1.165) is 37.9 Å². The molecule has 4 heteroatoms. The summed E-state index contributed by atoms with van der Waals surface area (Å²) in [5, 5.41) is 3.49. The van der Waals surface area contributed by atoms with Gasteiger partial charge in [-0.25, -0.2) is 4.98 Å². The quantitative estimate of drug-likeness (QED) is 0.826. The molecule has 1 N–H and O–H groups in total. The first-order chi connectivity index (χ1) is 14.2. The van der Waals surface area contributed by atoms with E-state index in [0.29, 0.717) is 6.04 Å². The van der Waals surface area contributed by atoms with Crippen molar-refractivity contribution in [2.45, 2.75) is 45.6 Å². The number of hydrogen-bond donors (Lipinski definition) is 1. The molecular weight excluding hydrogens is 356 g/mol. The molecule has 2 saturated heterocycles. The van der Waals surface area contributed by atoms with E-state index in [1.807, 2.05) is 0 Å². The molecule has 3 heterocycles. The molecule has 0 saturated carbocycles. The van der Waals surface area contributed by atoms with E-state index in [9.17, 15) is 0 Å². The van der Waals surface area contributed by atoms with Gasteiger partial charge < -0.3 is 10.2 Å². The largest absolute Gasteiger partial charge is 0.355 e. The van der Waals surface area contributed by atoms with Crippen LogP contribution in [0.1, 0.15) is 49.0 Å². The fourth-order valence-electron chi connectivity index (χ4n) is 4.88. The highest BCUT2D eigenvalue weighted by Gasteiger charge is 2.26. The molecule has 0 aliphatic carbocycles. The van der Waals surface area contributed by atoms with Crippen molar-refractivity contribution in [1.82, 2.24) is 15.2 Å². The lowest BCUT2D eigenvalue weighted by Gasteiger charge is -2.37. The van der Waals surface area contributed by atoms with Crippen molar-refractivity contribution in [3.8, 4) is 0 Å². The Hall–Kier alpha value is -1.91. The van der Waals surface area contributed by atoms with Gasteiger partial charge in [0.15, 0.2) is 0 Å². The van der Waals surface area contributed by atoms with Crippen molar-refractivity contribution >= 4 is 5.82 Å². The monoisotopic (exact) mass is 392 g/mol. The molecule has 4 rings (SSSR count). The lowest BCUT2D eigenvalue weighted by atomic mass is 9.89. The fourth-order valence-corrected chi connectivity index (χ4v) is 4.88. The number of aromatic nitrogens is 1. The Bertz CT molecular complexity index is 782. The van der Waals surface area contributed by atoms with E-state index in [1.54, 1.807) is 0 Å². The van der Waals surface area contributed by atoms with Crippen LogP contribution in [0.4, 0.5) is 5.82 Å². The molecule has 2 unspecified atom stereocenters. The van der Waals surface area contributed by atoms with Gasteiger partial charge in [0.1, 0.15) is 5.82 Å². The zero-order chi connectivity index (χ0) is 20.1. The van der Waals surface area contributed by atoms with Crippen molar-refractivity contribution in [2.75, 3.05) is 44.2 Å². The Kier molecular flexibility index (Phi) is 6.83. The lowest BCUT2D eigenvalue weighted by Crippen LogP contribution is -2.38. The summed E-state index contributed by atoms with van der Waals surface area (Å²) < 4.78 is 0. The van der Waals surface area contributed by atoms with E-state index < -0.39 is 0 Å². The number of pyridine rings is 1. The van der Waals surface area contributed by atoms with Gasteiger partial charge in [0.2, 0.25) is 0 Å². The summed E-state index contributed by atoms with van der Waals surface area (Å²) in [5.74, 6) is 1.89. The van der Waals surface area contributed by atoms with Gasteiger partial charge in [0.25, 0.3) is 0 Å². The first kappa shape index (κ1) is 20.4. The van der Waals surface area contributed by atoms with Crippen molar-refractivity contribution in [2.24, 2.45) is 5.92 Å². The number of piperidine rings is 1. The van der Waals surface area contributed by atoms with Crippen LogP contribution in [0.5, 0.6) is 0 Å². The standard InChI is InChI=1S/C25H36N4/c1-20-8-3-4-10-23(20)18-22-9-6-15-29(19-22)21(2)24-11-5-12-25(27-24)28-16-7-13-26-14-17-28/h3-5,8,10-12,21-22,26H,6-7,9,13-19H2,1-2H3. The van der Waals surface area contributed by atoms with Gasteiger partial charge in [-0.3, -0.25) is 4.90 Å². The minimum absolute atomic E-state index is 0.375. The van der Waals surface area contributed by atoms with Crippen LogP contribution in [0, 0.1) is 12.8 Å². The fraction of sp³-hybridized carbons (Fsp3) is 0.560. The minimum Gasteiger partial charge on any atom is -0.355 e. The van der Waals surface area contributed by atoms with E-state index in [4.69, 9.17) is 4.98 Å². The molecule has 1 aromatic carbocycles. The second kappa shape index (κ2) is 9.73. The Morgan fingerprint density at radius 2 is 1.93 bits per heavy atom. The summed E-state index contributed by atoms with van der Waals surface area (Å²) in [5.41, 5.74) is 4.16. The van der Waals surface area contributed by atoms with Crippen LogP contribution in [0.3, 0.4) is 0 Å². The smallest absolute Gasteiger partial charge is 0.128 e. The Balaban J connectivity index is 1.42. The van der Waals surface area contributed by atoms with Gasteiger partial charge >= 0.3 is 0 Å². The van der Waals surface area contributed by atoms with E-state index >= 15 is 0 Å². The van der Waals surface area contributed by atoms with Crippen molar-refractivity contribution in [1.29, 1.82) is 0 Å². The van der Waals surface area contributed by atoms with E-state index in [1.165, 1.54) is 55.6 Å². The Morgan fingerprint density at radius 1 is 1.03 bits per heavy atom. The molecule has 4 nitrogen and oxygen atoms in total. The summed E-state index contributed by atoms with van der Waals surface area (Å²) in [6, 6.07) is 15.8. The normalized spacial score (nSPS) is 22.3. The number of likely N-dealkylation sites (tertiary alicyclic amines) is 1. The van der Waals surface area contributed by atoms with Crippen LogP contribution in [0.2, 0.25) is 0 Å². The molecule has 2 aromatic rings. The zero-order valence-electron chi connectivity index (χ0n) is 18.1. The Morgan fingerprint density at radius 3 is 2.83 bits per heavy atom. The molecule has 2 aliphatic heterocycles. The third kappa shape index (κ3) is 5.18. The van der Waals surface area contributed by atoms with Gasteiger partial charge in [0.05, 0.1) is 5.69 Å². The predicted molar refractivity (Wildman–Crippen MR) is 122 cm³/mol. The van der Waals surface area contributed by atoms with Crippen LogP contribution in [-0.4, -0.2) is 49.2 Å². The summed E-state index contributed by atoms with van der Waals surface area (Å²) in [6.07, 6.45) is 5.02. The van der Waals surface area contributed by atoms with Crippen molar-refractivity contribution in [3.05, 3.63) is 59.3 Å². The molecule has 0 spiro atoms. The maximum atomic E-state index is 5.09. The number of anilines is 1. The summed E-state index contributed by atoms with van der Waals surface area (Å²) >= 11 is 0. The third-order valence-electron chi connectivity index (χ3n) is 6.72. The number of rotatable bonds is 5. The maximum absolute atomic E-state index is 5.09. The van der Waals surface area contributed by atoms with Crippen molar-refractivity contribution < 1.29 is 0 Å². The zero-order valence-corrected chi connectivity index (χ0v) is 18.1. The van der Waals surface area contributed by atoms with Crippen molar-refractivity contribution in [3.63, 3.8) is 0 Å². The Labute approximate surface area is 176 Å². The highest BCUT2D eigenvalue weighted by molar-refractivity contribution is 5.40. The van der Waals surface area contributed by atoms with Gasteiger partial charge in [-0.2, -0.15) is 0 Å². The number of aryl methyl sites for hydroxylation is 1. The molecule has 1 aromatic heterocycles. The molecule has 156 valence electrons. The molecule has 2 aliphatic rings. The number of benzene rings is 1. The average Bonchev–Trinajstić information content (AvgIpc) is 3.05. The summed E-state index contributed by atoms with van der Waals surface area (Å²) in [4.78, 5) is 10.2. The lowest BCUT2D eigenvalue weighted by molar-refractivity contribution is 0.129. The van der Waals surface area contributed by atoms with Gasteiger partial charge in [-0.05, 0) is 81.8 Å². The van der Waals surface area contributed by atoms with Crippen LogP contribution >= 0.6 is 0 Å². The number of nitrogens with zero attached hydrogens (tertiary/aromatic N) is 3. The summed E-state index contributed by atoms with van der Waals surface area (Å²) in [7, 11) is 0. The molecule has 2 atom stereocenters. The number of hydrogen-bond acceptors (Lipinski definition) is 4. The first-order valence-electron chi connectivity index (χ1n) is 11.4. The molecule has 0 bridgehead atoms. The average molecular weight is 393 g/mol. The van der Waals surface area contributed by atoms with E-state index in [-0.39, 0.29) is 0 Å². The second-order valence-corrected chi connectivity index (χ2v) is 8.82. The number of nitrogens with one attached hydrogen (secondary N) is 1. The second-order valence-electron chi connectivity index (χ2n) is 8.82. The van der Waals surface area contributed by atoms with Crippen LogP contribution in [0.15, 0.2) is 42.5 Å². The first-order valence-corrected chi connectivity index (χ1v) is 11.4. The van der Waals surface area contributed by atoms with Crippen LogP contribution in [-0.2, 0) is 6.42 Å². The van der Waals surface area contributed by atoms with Gasteiger partial charge in [-0.1, -0.05) is 30.3 Å². The topological polar surface area (TPSA) is 31.4 Å². The van der Waals surface area contributed by atoms with E-state index in [2.05, 4.69) is 71.4 Å². The molecule has 2 fully saturated rings. The molecule has 0 radical (unpaired) electrons. The van der Waals surface area contributed by atoms with Gasteiger partial charge in [-0.15, -0.1) is 0 Å².